The Hall–Kier alpha value is 1.45. The smallest absolute Gasteiger partial charge is 0.316 e. The standard InChI is InChI=1S/C6H18ClNSi2.Mg.2H/c1-8(9(2,3)4)10(5,6)7;;;/h1-6H3;;;. The first-order valence-corrected chi connectivity index (χ1v) is 11.0. The molecule has 0 atom stereocenters. The van der Waals surface area contributed by atoms with Gasteiger partial charge in [-0.25, -0.2) is 0 Å². The third-order valence-electron chi connectivity index (χ3n) is 1.80. The minimum absolute atomic E-state index is 0. The molecule has 0 aromatic carbocycles. The van der Waals surface area contributed by atoms with E-state index >= 15 is 0 Å². The molecule has 0 aliphatic heterocycles. The molecule has 0 spiro atoms. The zero-order chi connectivity index (χ0) is 8.58. The normalized spacial score (nSPS) is 13.1. The highest BCUT2D eigenvalue weighted by molar-refractivity contribution is 7.20. The van der Waals surface area contributed by atoms with Crippen LogP contribution >= 0.6 is 11.1 Å². The van der Waals surface area contributed by atoms with Crippen LogP contribution in [0.5, 0.6) is 0 Å². The van der Waals surface area contributed by atoms with E-state index in [2.05, 4.69) is 44.0 Å². The van der Waals surface area contributed by atoms with Gasteiger partial charge in [-0.2, -0.15) is 0 Å². The second-order valence-electron chi connectivity index (χ2n) is 4.14. The largest absolute Gasteiger partial charge is 0.337 e. The molecule has 5 heteroatoms. The van der Waals surface area contributed by atoms with Crippen LogP contribution in [0.3, 0.4) is 0 Å². The van der Waals surface area contributed by atoms with Crippen molar-refractivity contribution in [3.05, 3.63) is 0 Å². The van der Waals surface area contributed by atoms with Gasteiger partial charge in [0.2, 0.25) is 7.55 Å². The van der Waals surface area contributed by atoms with Crippen LogP contribution in [0.15, 0.2) is 0 Å². The number of halogens is 1. The van der Waals surface area contributed by atoms with Crippen molar-refractivity contribution in [2.24, 2.45) is 0 Å². The number of nitrogens with zero attached hydrogens (tertiary/aromatic N) is 1. The van der Waals surface area contributed by atoms with Crippen molar-refractivity contribution in [2.45, 2.75) is 32.7 Å². The van der Waals surface area contributed by atoms with E-state index in [-0.39, 0.29) is 23.1 Å². The molecule has 0 radical (unpaired) electrons. The maximum atomic E-state index is 6.27. The summed E-state index contributed by atoms with van der Waals surface area (Å²) in [6.07, 6.45) is 0. The Morgan fingerprint density at radius 2 is 1.27 bits per heavy atom. The van der Waals surface area contributed by atoms with Crippen molar-refractivity contribution in [3.8, 4) is 0 Å². The summed E-state index contributed by atoms with van der Waals surface area (Å²) >= 11 is 6.27. The van der Waals surface area contributed by atoms with E-state index in [1.54, 1.807) is 0 Å². The van der Waals surface area contributed by atoms with Gasteiger partial charge in [-0.05, 0) is 20.1 Å². The molecule has 0 fully saturated rings. The molecule has 0 bridgehead atoms. The highest BCUT2D eigenvalue weighted by Crippen LogP contribution is 2.19. The van der Waals surface area contributed by atoms with Crippen LogP contribution in [0.1, 0.15) is 0 Å². The molecule has 0 aliphatic carbocycles. The highest BCUT2D eigenvalue weighted by atomic mass is 35.6. The molecule has 0 rings (SSSR count). The SMILES string of the molecule is CN([Si](C)(C)C)[Si](C)(C)Cl.[MgH2]. The average Bonchev–Trinajstić information content (AvgIpc) is 1.59. The summed E-state index contributed by atoms with van der Waals surface area (Å²) in [7, 11) is -0.503. The lowest BCUT2D eigenvalue weighted by molar-refractivity contribution is 0.775. The Labute approximate surface area is 93.5 Å². The summed E-state index contributed by atoms with van der Waals surface area (Å²) in [5.41, 5.74) is 0. The van der Waals surface area contributed by atoms with Gasteiger partial charge in [-0.1, -0.05) is 19.6 Å². The summed E-state index contributed by atoms with van der Waals surface area (Å²) in [6.45, 7) is 11.3. The first-order valence-electron chi connectivity index (χ1n) is 3.58. The van der Waals surface area contributed by atoms with E-state index < -0.39 is 15.8 Å². The van der Waals surface area contributed by atoms with E-state index in [4.69, 9.17) is 11.1 Å². The van der Waals surface area contributed by atoms with Crippen molar-refractivity contribution >= 4 is 49.9 Å². The molecule has 0 heterocycles. The van der Waals surface area contributed by atoms with E-state index in [9.17, 15) is 0 Å². The lowest BCUT2D eigenvalue weighted by atomic mass is 11.6. The molecule has 0 saturated carbocycles. The van der Waals surface area contributed by atoms with Crippen LogP contribution in [0.4, 0.5) is 0 Å². The van der Waals surface area contributed by atoms with E-state index in [0.717, 1.165) is 0 Å². The lowest BCUT2D eigenvalue weighted by Crippen LogP contribution is -2.55. The average molecular weight is 222 g/mol. The highest BCUT2D eigenvalue weighted by Gasteiger charge is 2.33. The summed E-state index contributed by atoms with van der Waals surface area (Å²) in [5.74, 6) is 0. The molecule has 0 N–H and O–H groups in total. The summed E-state index contributed by atoms with van der Waals surface area (Å²) < 4.78 is 2.42. The molecule has 0 unspecified atom stereocenters. The minimum atomic E-state index is -1.53. The molecule has 0 aliphatic rings. The van der Waals surface area contributed by atoms with Crippen LogP contribution in [-0.4, -0.2) is 50.1 Å². The molecule has 0 aromatic rings. The second-order valence-corrected chi connectivity index (χ2v) is 15.9. The summed E-state index contributed by atoms with van der Waals surface area (Å²) in [4.78, 5) is 0. The first-order chi connectivity index (χ1) is 4.15. The fraction of sp³-hybridized carbons (Fsp3) is 1.00. The maximum Gasteiger partial charge on any atom is 0.316 e. The third-order valence-corrected chi connectivity index (χ3v) is 10.3. The first kappa shape index (κ1) is 14.9. The predicted molar refractivity (Wildman–Crippen MR) is 63.0 cm³/mol. The fourth-order valence-corrected chi connectivity index (χ4v) is 9.46. The van der Waals surface area contributed by atoms with Gasteiger partial charge in [0.05, 0.1) is 0 Å². The number of rotatable bonds is 2. The molecule has 66 valence electrons. The number of hydrogen-bond donors (Lipinski definition) is 0. The monoisotopic (exact) mass is 221 g/mol. The summed E-state index contributed by atoms with van der Waals surface area (Å²) in [5, 5.41) is 0. The second kappa shape index (κ2) is 4.62. The van der Waals surface area contributed by atoms with Gasteiger partial charge in [0.15, 0.2) is 0 Å². The minimum Gasteiger partial charge on any atom is -0.337 e. The Balaban J connectivity index is 0. The van der Waals surface area contributed by atoms with Gasteiger partial charge < -0.3 is 4.23 Å². The van der Waals surface area contributed by atoms with Crippen molar-refractivity contribution < 1.29 is 0 Å². The fourth-order valence-electron chi connectivity index (χ4n) is 0.798. The van der Waals surface area contributed by atoms with E-state index in [1.807, 2.05) is 0 Å². The van der Waals surface area contributed by atoms with Crippen molar-refractivity contribution in [3.63, 3.8) is 0 Å². The Morgan fingerprint density at radius 1 is 1.00 bits per heavy atom. The zero-order valence-electron chi connectivity index (χ0n) is 7.83. The van der Waals surface area contributed by atoms with Gasteiger partial charge in [0.25, 0.3) is 0 Å². The molecular weight excluding hydrogens is 202 g/mol. The zero-order valence-corrected chi connectivity index (χ0v) is 10.6. The molecular formula is C6H20ClMgNSi2. The van der Waals surface area contributed by atoms with Crippen molar-refractivity contribution in [1.29, 1.82) is 0 Å². The van der Waals surface area contributed by atoms with Crippen LogP contribution in [0.25, 0.3) is 0 Å². The quantitative estimate of drug-likeness (QED) is 0.508. The number of hydrogen-bond acceptors (Lipinski definition) is 1. The molecule has 11 heavy (non-hydrogen) atoms. The van der Waals surface area contributed by atoms with Gasteiger partial charge in [0.1, 0.15) is 8.24 Å². The van der Waals surface area contributed by atoms with Gasteiger partial charge in [-0.3, -0.25) is 0 Å². The third kappa shape index (κ3) is 5.65. The lowest BCUT2D eigenvalue weighted by Gasteiger charge is -2.37. The van der Waals surface area contributed by atoms with Crippen molar-refractivity contribution in [2.75, 3.05) is 7.05 Å². The Morgan fingerprint density at radius 3 is 1.27 bits per heavy atom. The summed E-state index contributed by atoms with van der Waals surface area (Å²) in [6, 6.07) is 0. The van der Waals surface area contributed by atoms with Crippen LogP contribution in [0.2, 0.25) is 32.7 Å². The Kier molecular flexibility index (Phi) is 6.28. The van der Waals surface area contributed by atoms with Crippen LogP contribution in [-0.2, 0) is 0 Å². The molecule has 0 saturated heterocycles. The van der Waals surface area contributed by atoms with Crippen LogP contribution < -0.4 is 0 Å². The van der Waals surface area contributed by atoms with Gasteiger partial charge in [0, 0.05) is 0 Å². The maximum absolute atomic E-state index is 6.27. The van der Waals surface area contributed by atoms with Crippen molar-refractivity contribution in [1.82, 2.24) is 4.23 Å². The van der Waals surface area contributed by atoms with Gasteiger partial charge >= 0.3 is 23.1 Å². The van der Waals surface area contributed by atoms with Gasteiger partial charge in [-0.15, -0.1) is 11.1 Å². The molecule has 0 amide bonds. The predicted octanol–water partition coefficient (Wildman–Crippen LogP) is 1.78. The van der Waals surface area contributed by atoms with E-state index in [1.165, 1.54) is 0 Å². The molecule has 1 nitrogen and oxygen atoms in total. The topological polar surface area (TPSA) is 3.24 Å². The Bertz CT molecular complexity index is 105. The molecule has 0 aromatic heterocycles. The van der Waals surface area contributed by atoms with Crippen LogP contribution in [0, 0.1) is 0 Å². The van der Waals surface area contributed by atoms with E-state index in [0.29, 0.717) is 0 Å².